The molecule has 2 aromatic heterocycles. The fraction of sp³-hybridized carbons (Fsp3) is 0.212. The molecule has 0 atom stereocenters. The van der Waals surface area contributed by atoms with Gasteiger partial charge in [-0.2, -0.15) is 4.98 Å². The van der Waals surface area contributed by atoms with Crippen molar-refractivity contribution in [3.63, 3.8) is 0 Å². The lowest BCUT2D eigenvalue weighted by atomic mass is 9.74. The molecule has 6 rings (SSSR count). The Balaban J connectivity index is 1.09. The number of aromatic hydroxyl groups is 1. The molecule has 5 aromatic rings. The van der Waals surface area contributed by atoms with E-state index in [0.717, 1.165) is 34.5 Å². The zero-order valence-corrected chi connectivity index (χ0v) is 22.5. The molecule has 8 heteroatoms. The lowest BCUT2D eigenvalue weighted by molar-refractivity contribution is -0.152. The number of phenols is 1. The van der Waals surface area contributed by atoms with Gasteiger partial charge in [-0.3, -0.25) is 14.7 Å². The van der Waals surface area contributed by atoms with E-state index in [1.165, 1.54) is 0 Å². The zero-order valence-electron chi connectivity index (χ0n) is 22.5. The molecule has 1 fully saturated rings. The Morgan fingerprint density at radius 3 is 2.29 bits per heavy atom. The van der Waals surface area contributed by atoms with Crippen molar-refractivity contribution in [2.45, 2.75) is 25.8 Å². The maximum absolute atomic E-state index is 12.2. The van der Waals surface area contributed by atoms with Crippen molar-refractivity contribution in [3.8, 4) is 39.7 Å². The molecule has 0 bridgehead atoms. The largest absolute Gasteiger partial charge is 0.507 e. The fourth-order valence-electron chi connectivity index (χ4n) is 5.46. The number of carboxylic acids is 1. The Morgan fingerprint density at radius 2 is 1.61 bits per heavy atom. The number of phenolic OH excluding ortho intramolecular Hbond substituents is 1. The summed E-state index contributed by atoms with van der Waals surface area (Å²) in [6.07, 6.45) is 3.34. The number of piperidine rings is 1. The molecule has 0 radical (unpaired) electrons. The molecular weight excluding hydrogens is 516 g/mol. The highest BCUT2D eigenvalue weighted by Gasteiger charge is 2.41. The number of carbonyl (C=O) groups is 1. The lowest BCUT2D eigenvalue weighted by Crippen LogP contribution is -2.45. The van der Waals surface area contributed by atoms with E-state index in [1.54, 1.807) is 12.3 Å². The molecule has 0 saturated carbocycles. The normalized spacial score (nSPS) is 15.0. The predicted octanol–water partition coefficient (Wildman–Crippen LogP) is 6.08. The van der Waals surface area contributed by atoms with Gasteiger partial charge in [-0.15, -0.1) is 0 Å². The van der Waals surface area contributed by atoms with Crippen LogP contribution in [-0.4, -0.2) is 49.3 Å². The van der Waals surface area contributed by atoms with Crippen LogP contribution >= 0.6 is 0 Å². The van der Waals surface area contributed by atoms with Crippen molar-refractivity contribution in [2.24, 2.45) is 5.41 Å². The Kier molecular flexibility index (Phi) is 7.31. The number of benzene rings is 3. The molecule has 0 aliphatic carbocycles. The van der Waals surface area contributed by atoms with Crippen LogP contribution in [0.25, 0.3) is 34.0 Å². The molecule has 206 valence electrons. The average Bonchev–Trinajstić information content (AvgIpc) is 3.50. The maximum atomic E-state index is 12.2. The van der Waals surface area contributed by atoms with Crippen molar-refractivity contribution in [1.82, 2.24) is 20.0 Å². The predicted molar refractivity (Wildman–Crippen MR) is 155 cm³/mol. The molecule has 1 saturated heterocycles. The van der Waals surface area contributed by atoms with Crippen LogP contribution in [0.15, 0.2) is 102 Å². The summed E-state index contributed by atoms with van der Waals surface area (Å²) in [6, 6.07) is 28.7. The smallest absolute Gasteiger partial charge is 0.310 e. The SMILES string of the molecule is O=C(O)C1(Cc2ccccn2)CCN(Cc2ccc(-c3noc(-c4ccc(-c5ccccc5)c(O)c4)n3)cc2)CC1. The molecule has 0 spiro atoms. The van der Waals surface area contributed by atoms with E-state index in [1.807, 2.05) is 84.9 Å². The standard InChI is InChI=1S/C33H30N4O4/c38-29-20-26(13-14-28(29)24-6-2-1-3-7-24)31-35-30(36-41-31)25-11-9-23(10-12-25)22-37-18-15-33(16-19-37,32(39)40)21-27-8-4-5-17-34-27/h1-14,17,20,38H,15-16,18-19,21-22H2,(H,39,40). The Hall–Kier alpha value is -4.82. The van der Waals surface area contributed by atoms with E-state index in [2.05, 4.69) is 20.0 Å². The van der Waals surface area contributed by atoms with E-state index < -0.39 is 11.4 Å². The minimum atomic E-state index is -0.774. The Morgan fingerprint density at radius 1 is 0.878 bits per heavy atom. The summed E-state index contributed by atoms with van der Waals surface area (Å²) in [5.41, 5.74) is 4.31. The first-order chi connectivity index (χ1) is 20.0. The number of likely N-dealkylation sites (tertiary alicyclic amines) is 1. The number of aliphatic carboxylic acids is 1. The van der Waals surface area contributed by atoms with Crippen LogP contribution in [0.2, 0.25) is 0 Å². The Bertz CT molecular complexity index is 1630. The number of pyridine rings is 1. The minimum Gasteiger partial charge on any atom is -0.507 e. The summed E-state index contributed by atoms with van der Waals surface area (Å²) in [6.45, 7) is 2.17. The molecule has 8 nitrogen and oxygen atoms in total. The number of carboxylic acid groups (broad SMARTS) is 1. The van der Waals surface area contributed by atoms with Crippen LogP contribution in [0, 0.1) is 5.41 Å². The molecule has 3 heterocycles. The first-order valence-electron chi connectivity index (χ1n) is 13.7. The summed E-state index contributed by atoms with van der Waals surface area (Å²) in [5, 5.41) is 24.8. The third kappa shape index (κ3) is 5.73. The van der Waals surface area contributed by atoms with Gasteiger partial charge in [0.05, 0.1) is 5.41 Å². The van der Waals surface area contributed by atoms with Crippen molar-refractivity contribution in [3.05, 3.63) is 108 Å². The highest BCUT2D eigenvalue weighted by Crippen LogP contribution is 2.36. The summed E-state index contributed by atoms with van der Waals surface area (Å²) in [7, 11) is 0. The second-order valence-electron chi connectivity index (χ2n) is 10.6. The van der Waals surface area contributed by atoms with Crippen molar-refractivity contribution < 1.29 is 19.5 Å². The number of rotatable bonds is 8. The Labute approximate surface area is 237 Å². The van der Waals surface area contributed by atoms with Crippen molar-refractivity contribution >= 4 is 5.97 Å². The van der Waals surface area contributed by atoms with Gasteiger partial charge in [0.25, 0.3) is 5.89 Å². The van der Waals surface area contributed by atoms with E-state index in [9.17, 15) is 15.0 Å². The molecule has 0 amide bonds. The van der Waals surface area contributed by atoms with E-state index in [-0.39, 0.29) is 5.75 Å². The monoisotopic (exact) mass is 546 g/mol. The third-order valence-corrected chi connectivity index (χ3v) is 7.89. The molecule has 1 aliphatic rings. The molecule has 1 aliphatic heterocycles. The van der Waals surface area contributed by atoms with E-state index in [0.29, 0.717) is 49.6 Å². The van der Waals surface area contributed by atoms with Gasteiger partial charge in [0.2, 0.25) is 5.82 Å². The molecule has 41 heavy (non-hydrogen) atoms. The number of hydrogen-bond donors (Lipinski definition) is 2. The van der Waals surface area contributed by atoms with E-state index >= 15 is 0 Å². The van der Waals surface area contributed by atoms with Gasteiger partial charge in [0, 0.05) is 41.5 Å². The summed E-state index contributed by atoms with van der Waals surface area (Å²) in [4.78, 5) is 23.4. The van der Waals surface area contributed by atoms with Gasteiger partial charge in [0.1, 0.15) is 5.75 Å². The minimum absolute atomic E-state index is 0.146. The van der Waals surface area contributed by atoms with Crippen LogP contribution in [0.4, 0.5) is 0 Å². The molecular formula is C33H30N4O4. The molecule has 2 N–H and O–H groups in total. The maximum Gasteiger partial charge on any atom is 0.310 e. The summed E-state index contributed by atoms with van der Waals surface area (Å²) < 4.78 is 5.51. The van der Waals surface area contributed by atoms with Crippen LogP contribution in [0.3, 0.4) is 0 Å². The van der Waals surface area contributed by atoms with Gasteiger partial charge in [-0.1, -0.05) is 65.8 Å². The number of hydrogen-bond acceptors (Lipinski definition) is 7. The van der Waals surface area contributed by atoms with Gasteiger partial charge >= 0.3 is 5.97 Å². The van der Waals surface area contributed by atoms with Crippen LogP contribution in [-0.2, 0) is 17.8 Å². The highest BCUT2D eigenvalue weighted by molar-refractivity contribution is 5.75. The van der Waals surface area contributed by atoms with Crippen LogP contribution < -0.4 is 0 Å². The van der Waals surface area contributed by atoms with Gasteiger partial charge in [-0.25, -0.2) is 0 Å². The third-order valence-electron chi connectivity index (χ3n) is 7.89. The topological polar surface area (TPSA) is 113 Å². The van der Waals surface area contributed by atoms with Gasteiger partial charge in [-0.05, 0) is 67.4 Å². The van der Waals surface area contributed by atoms with Gasteiger partial charge < -0.3 is 14.7 Å². The first kappa shape index (κ1) is 26.4. The molecule has 0 unspecified atom stereocenters. The highest BCUT2D eigenvalue weighted by atomic mass is 16.5. The van der Waals surface area contributed by atoms with Crippen LogP contribution in [0.1, 0.15) is 24.1 Å². The quantitative estimate of drug-likeness (QED) is 0.241. The van der Waals surface area contributed by atoms with Crippen molar-refractivity contribution in [2.75, 3.05) is 13.1 Å². The summed E-state index contributed by atoms with van der Waals surface area (Å²) in [5.74, 6) is 0.207. The number of nitrogens with zero attached hydrogens (tertiary/aromatic N) is 4. The average molecular weight is 547 g/mol. The molecule has 3 aromatic carbocycles. The second kappa shape index (κ2) is 11.3. The first-order valence-corrected chi connectivity index (χ1v) is 13.7. The lowest BCUT2D eigenvalue weighted by Gasteiger charge is -2.38. The summed E-state index contributed by atoms with van der Waals surface area (Å²) >= 11 is 0. The fourth-order valence-corrected chi connectivity index (χ4v) is 5.46. The van der Waals surface area contributed by atoms with Crippen LogP contribution in [0.5, 0.6) is 5.75 Å². The van der Waals surface area contributed by atoms with E-state index in [4.69, 9.17) is 4.52 Å². The zero-order chi connectivity index (χ0) is 28.2. The second-order valence-corrected chi connectivity index (χ2v) is 10.6. The van der Waals surface area contributed by atoms with Gasteiger partial charge in [0.15, 0.2) is 0 Å². The van der Waals surface area contributed by atoms with Crippen molar-refractivity contribution in [1.29, 1.82) is 0 Å². The number of aromatic nitrogens is 3.